The lowest BCUT2D eigenvalue weighted by Gasteiger charge is -2.25. The third-order valence-electron chi connectivity index (χ3n) is 2.65. The van der Waals surface area contributed by atoms with E-state index in [1.807, 2.05) is 17.0 Å². The van der Waals surface area contributed by atoms with Crippen molar-refractivity contribution < 1.29 is 9.21 Å². The summed E-state index contributed by atoms with van der Waals surface area (Å²) in [7, 11) is 0. The monoisotopic (exact) mass is 283 g/mol. The second-order valence-electron chi connectivity index (χ2n) is 3.86. The van der Waals surface area contributed by atoms with E-state index in [9.17, 15) is 4.79 Å². The molecule has 1 aromatic heterocycles. The summed E-state index contributed by atoms with van der Waals surface area (Å²) < 4.78 is 5.96. The van der Waals surface area contributed by atoms with Crippen LogP contribution in [-0.2, 0) is 4.79 Å². The van der Waals surface area contributed by atoms with Gasteiger partial charge in [0.15, 0.2) is 4.67 Å². The van der Waals surface area contributed by atoms with Crippen LogP contribution in [0.3, 0.4) is 0 Å². The van der Waals surface area contributed by atoms with E-state index >= 15 is 0 Å². The largest absolute Gasteiger partial charge is 0.450 e. The van der Waals surface area contributed by atoms with Crippen LogP contribution in [0.1, 0.15) is 25.0 Å². The number of carbonyl (C=O) groups excluding carboxylic acids is 1. The van der Waals surface area contributed by atoms with Crippen molar-refractivity contribution >= 4 is 27.9 Å². The van der Waals surface area contributed by atoms with E-state index in [0.717, 1.165) is 25.9 Å². The first kappa shape index (κ1) is 11.5. The average Bonchev–Trinajstić information content (AvgIpc) is 2.73. The molecule has 0 spiro atoms. The first-order valence-corrected chi connectivity index (χ1v) is 6.27. The number of furan rings is 1. The smallest absolute Gasteiger partial charge is 0.246 e. The first-order chi connectivity index (χ1) is 7.75. The summed E-state index contributed by atoms with van der Waals surface area (Å²) in [5.74, 6) is 0.768. The van der Waals surface area contributed by atoms with Crippen molar-refractivity contribution in [3.05, 3.63) is 28.6 Å². The fraction of sp³-hybridized carbons (Fsp3) is 0.417. The van der Waals surface area contributed by atoms with Crippen LogP contribution in [-0.4, -0.2) is 23.9 Å². The van der Waals surface area contributed by atoms with Crippen LogP contribution in [0.25, 0.3) is 6.08 Å². The van der Waals surface area contributed by atoms with Gasteiger partial charge in [0.2, 0.25) is 5.91 Å². The van der Waals surface area contributed by atoms with Gasteiger partial charge in [0, 0.05) is 19.2 Å². The lowest BCUT2D eigenvalue weighted by molar-refractivity contribution is -0.126. The molecule has 1 fully saturated rings. The topological polar surface area (TPSA) is 33.5 Å². The third-order valence-corrected chi connectivity index (χ3v) is 3.08. The van der Waals surface area contributed by atoms with Crippen molar-refractivity contribution in [2.24, 2.45) is 0 Å². The predicted octanol–water partition coefficient (Wildman–Crippen LogP) is 3.07. The lowest BCUT2D eigenvalue weighted by atomic mass is 10.1. The Labute approximate surface area is 103 Å². The summed E-state index contributed by atoms with van der Waals surface area (Å²) >= 11 is 3.22. The molecule has 1 aromatic rings. The highest BCUT2D eigenvalue weighted by Gasteiger charge is 2.13. The molecule has 0 aromatic carbocycles. The van der Waals surface area contributed by atoms with Gasteiger partial charge in [-0.3, -0.25) is 4.79 Å². The molecule has 0 N–H and O–H groups in total. The number of rotatable bonds is 2. The van der Waals surface area contributed by atoms with Crippen molar-refractivity contribution in [1.82, 2.24) is 4.90 Å². The number of piperidine rings is 1. The molecule has 0 unspecified atom stereocenters. The number of hydrogen-bond donors (Lipinski definition) is 0. The Morgan fingerprint density at radius 1 is 1.31 bits per heavy atom. The van der Waals surface area contributed by atoms with Crippen LogP contribution < -0.4 is 0 Å². The molecule has 0 atom stereocenters. The van der Waals surface area contributed by atoms with Crippen LogP contribution in [0, 0.1) is 0 Å². The van der Waals surface area contributed by atoms with Gasteiger partial charge in [0.25, 0.3) is 0 Å². The fourth-order valence-corrected chi connectivity index (χ4v) is 2.11. The summed E-state index contributed by atoms with van der Waals surface area (Å²) in [4.78, 5) is 13.7. The molecule has 2 heterocycles. The van der Waals surface area contributed by atoms with Gasteiger partial charge in [0.1, 0.15) is 5.76 Å². The second kappa shape index (κ2) is 5.34. The van der Waals surface area contributed by atoms with E-state index < -0.39 is 0 Å². The zero-order chi connectivity index (χ0) is 11.4. The quantitative estimate of drug-likeness (QED) is 0.782. The van der Waals surface area contributed by atoms with E-state index in [4.69, 9.17) is 4.42 Å². The number of nitrogens with zero attached hydrogens (tertiary/aromatic N) is 1. The summed E-state index contributed by atoms with van der Waals surface area (Å²) in [6, 6.07) is 3.63. The van der Waals surface area contributed by atoms with E-state index in [1.54, 1.807) is 12.2 Å². The van der Waals surface area contributed by atoms with E-state index in [0.29, 0.717) is 10.4 Å². The molecule has 0 saturated carbocycles. The second-order valence-corrected chi connectivity index (χ2v) is 4.64. The number of carbonyl (C=O) groups is 1. The minimum atomic E-state index is 0.0761. The molecule has 1 aliphatic heterocycles. The number of hydrogen-bond acceptors (Lipinski definition) is 2. The van der Waals surface area contributed by atoms with E-state index in [1.165, 1.54) is 6.42 Å². The van der Waals surface area contributed by atoms with Gasteiger partial charge >= 0.3 is 0 Å². The van der Waals surface area contributed by atoms with Crippen LogP contribution in [0.2, 0.25) is 0 Å². The predicted molar refractivity (Wildman–Crippen MR) is 65.9 cm³/mol. The van der Waals surface area contributed by atoms with E-state index in [-0.39, 0.29) is 5.91 Å². The zero-order valence-electron chi connectivity index (χ0n) is 8.99. The zero-order valence-corrected chi connectivity index (χ0v) is 10.6. The molecule has 86 valence electrons. The summed E-state index contributed by atoms with van der Waals surface area (Å²) in [6.07, 6.45) is 6.76. The van der Waals surface area contributed by atoms with Gasteiger partial charge in [0.05, 0.1) is 0 Å². The Bertz CT molecular complexity index is 391. The Morgan fingerprint density at radius 2 is 2.06 bits per heavy atom. The van der Waals surface area contributed by atoms with Gasteiger partial charge in [-0.1, -0.05) is 0 Å². The minimum Gasteiger partial charge on any atom is -0.450 e. The van der Waals surface area contributed by atoms with Crippen molar-refractivity contribution in [2.45, 2.75) is 19.3 Å². The highest BCUT2D eigenvalue weighted by Crippen LogP contribution is 2.15. The normalized spacial score (nSPS) is 16.9. The highest BCUT2D eigenvalue weighted by molar-refractivity contribution is 9.10. The SMILES string of the molecule is O=C(C=Cc1ccc(Br)o1)N1CCCCC1. The molecular formula is C12H14BrNO2. The maximum atomic E-state index is 11.8. The Hall–Kier alpha value is -1.03. The Balaban J connectivity index is 1.93. The summed E-state index contributed by atoms with van der Waals surface area (Å²) in [6.45, 7) is 1.76. The van der Waals surface area contributed by atoms with Gasteiger partial charge in [-0.2, -0.15) is 0 Å². The molecule has 1 amide bonds. The van der Waals surface area contributed by atoms with Gasteiger partial charge in [-0.05, 0) is 53.4 Å². The van der Waals surface area contributed by atoms with Crippen molar-refractivity contribution in [1.29, 1.82) is 0 Å². The summed E-state index contributed by atoms with van der Waals surface area (Å²) in [5, 5.41) is 0. The van der Waals surface area contributed by atoms with Crippen molar-refractivity contribution in [3.63, 3.8) is 0 Å². The van der Waals surface area contributed by atoms with Gasteiger partial charge in [-0.25, -0.2) is 0 Å². The van der Waals surface area contributed by atoms with Crippen LogP contribution >= 0.6 is 15.9 Å². The maximum absolute atomic E-state index is 11.8. The molecule has 4 heteroatoms. The average molecular weight is 284 g/mol. The van der Waals surface area contributed by atoms with Crippen molar-refractivity contribution in [3.8, 4) is 0 Å². The Kier molecular flexibility index (Phi) is 3.83. The van der Waals surface area contributed by atoms with Crippen LogP contribution in [0.4, 0.5) is 0 Å². The number of amides is 1. The molecule has 1 aliphatic rings. The van der Waals surface area contributed by atoms with Crippen molar-refractivity contribution in [2.75, 3.05) is 13.1 Å². The summed E-state index contributed by atoms with van der Waals surface area (Å²) in [5.41, 5.74) is 0. The highest BCUT2D eigenvalue weighted by atomic mass is 79.9. The third kappa shape index (κ3) is 2.98. The molecule has 3 nitrogen and oxygen atoms in total. The van der Waals surface area contributed by atoms with Crippen LogP contribution in [0.5, 0.6) is 0 Å². The van der Waals surface area contributed by atoms with Gasteiger partial charge < -0.3 is 9.32 Å². The minimum absolute atomic E-state index is 0.0761. The lowest BCUT2D eigenvalue weighted by Crippen LogP contribution is -2.34. The van der Waals surface area contributed by atoms with Gasteiger partial charge in [-0.15, -0.1) is 0 Å². The molecule has 1 saturated heterocycles. The molecular weight excluding hydrogens is 270 g/mol. The standard InChI is InChI=1S/C12H14BrNO2/c13-11-6-4-10(16-11)5-7-12(15)14-8-2-1-3-9-14/h4-7H,1-3,8-9H2. The number of halogens is 1. The fourth-order valence-electron chi connectivity index (χ4n) is 1.79. The molecule has 16 heavy (non-hydrogen) atoms. The molecule has 2 rings (SSSR count). The first-order valence-electron chi connectivity index (χ1n) is 5.48. The van der Waals surface area contributed by atoms with Crippen LogP contribution in [0.15, 0.2) is 27.3 Å². The van der Waals surface area contributed by atoms with E-state index in [2.05, 4.69) is 15.9 Å². The molecule has 0 aliphatic carbocycles. The molecule has 0 bridgehead atoms. The molecule has 0 radical (unpaired) electrons. The maximum Gasteiger partial charge on any atom is 0.246 e. The number of likely N-dealkylation sites (tertiary alicyclic amines) is 1. The Morgan fingerprint density at radius 3 is 2.69 bits per heavy atom.